The lowest BCUT2D eigenvalue weighted by Crippen LogP contribution is -2.38. The van der Waals surface area contributed by atoms with E-state index in [-0.39, 0.29) is 31.7 Å². The highest BCUT2D eigenvalue weighted by molar-refractivity contribution is 5.20. The van der Waals surface area contributed by atoms with Crippen molar-refractivity contribution >= 4 is 0 Å². The lowest BCUT2D eigenvalue weighted by atomic mass is 10.1. The van der Waals surface area contributed by atoms with E-state index >= 15 is 0 Å². The van der Waals surface area contributed by atoms with Crippen LogP contribution in [0.5, 0.6) is 0 Å². The lowest BCUT2D eigenvalue weighted by molar-refractivity contribution is -0.149. The average Bonchev–Trinajstić information content (AvgIpc) is 2.34. The Morgan fingerprint density at radius 2 is 1.85 bits per heavy atom. The number of rotatable bonds is 7. The first-order valence-electron chi connectivity index (χ1n) is 6.16. The summed E-state index contributed by atoms with van der Waals surface area (Å²) in [6.07, 6.45) is -5.61. The second kappa shape index (κ2) is 7.56. The molecule has 0 aliphatic carbocycles. The number of aliphatic hydroxyl groups is 2. The fraction of sp³-hybridized carbons (Fsp3) is 0.538. The minimum atomic E-state index is -4.41. The fourth-order valence-corrected chi connectivity index (χ4v) is 1.87. The maximum atomic E-state index is 13.4. The fourth-order valence-electron chi connectivity index (χ4n) is 1.87. The zero-order valence-electron chi connectivity index (χ0n) is 10.8. The molecule has 0 amide bonds. The van der Waals surface area contributed by atoms with Crippen LogP contribution in [-0.2, 0) is 0 Å². The van der Waals surface area contributed by atoms with Gasteiger partial charge in [-0.3, -0.25) is 4.90 Å². The van der Waals surface area contributed by atoms with Crippen LogP contribution in [0.1, 0.15) is 18.1 Å². The summed E-state index contributed by atoms with van der Waals surface area (Å²) in [6, 6.07) is 5.41. The van der Waals surface area contributed by atoms with Crippen LogP contribution in [0.4, 0.5) is 17.6 Å². The number of halogens is 4. The van der Waals surface area contributed by atoms with Gasteiger partial charge in [0.05, 0.1) is 12.6 Å². The number of hydrogen-bond acceptors (Lipinski definition) is 3. The predicted molar refractivity (Wildman–Crippen MR) is 65.6 cm³/mol. The van der Waals surface area contributed by atoms with E-state index in [0.29, 0.717) is 0 Å². The number of aliphatic hydroxyl groups excluding tert-OH is 2. The van der Waals surface area contributed by atoms with Crippen LogP contribution in [0, 0.1) is 5.82 Å². The normalized spacial score (nSPS) is 13.8. The second-order valence-corrected chi connectivity index (χ2v) is 4.46. The molecule has 0 saturated heterocycles. The quantitative estimate of drug-likeness (QED) is 0.757. The molecule has 1 unspecified atom stereocenters. The highest BCUT2D eigenvalue weighted by Gasteiger charge is 2.31. The number of benzene rings is 1. The Balaban J connectivity index is 2.70. The van der Waals surface area contributed by atoms with Gasteiger partial charge in [-0.2, -0.15) is 13.2 Å². The van der Waals surface area contributed by atoms with Gasteiger partial charge in [-0.05, 0) is 12.5 Å². The van der Waals surface area contributed by atoms with Gasteiger partial charge in [0.2, 0.25) is 0 Å². The van der Waals surface area contributed by atoms with Crippen molar-refractivity contribution < 1.29 is 27.8 Å². The van der Waals surface area contributed by atoms with Crippen molar-refractivity contribution in [2.45, 2.75) is 18.7 Å². The summed E-state index contributed by atoms with van der Waals surface area (Å²) in [5, 5.41) is 18.5. The molecular weight excluding hydrogens is 278 g/mol. The van der Waals surface area contributed by atoms with Gasteiger partial charge in [-0.25, -0.2) is 4.39 Å². The SMILES string of the molecule is OCCCN(CC(O)c1ccccc1F)CC(F)(F)F. The van der Waals surface area contributed by atoms with Crippen LogP contribution in [0.25, 0.3) is 0 Å². The Morgan fingerprint density at radius 3 is 2.40 bits per heavy atom. The Bertz CT molecular complexity index is 412. The molecule has 0 aliphatic heterocycles. The summed E-state index contributed by atoms with van der Waals surface area (Å²) in [4.78, 5) is 0.952. The van der Waals surface area contributed by atoms with Crippen molar-refractivity contribution in [2.75, 3.05) is 26.2 Å². The minimum absolute atomic E-state index is 0.0263. The first kappa shape index (κ1) is 16.9. The number of hydrogen-bond donors (Lipinski definition) is 2. The largest absolute Gasteiger partial charge is 0.401 e. The Labute approximate surface area is 114 Å². The van der Waals surface area contributed by atoms with Gasteiger partial charge in [-0.1, -0.05) is 18.2 Å². The van der Waals surface area contributed by atoms with Crippen molar-refractivity contribution in [1.82, 2.24) is 4.90 Å². The smallest absolute Gasteiger partial charge is 0.396 e. The molecule has 0 radical (unpaired) electrons. The molecule has 7 heteroatoms. The Hall–Kier alpha value is -1.18. The van der Waals surface area contributed by atoms with Gasteiger partial charge in [0.15, 0.2) is 0 Å². The molecule has 0 spiro atoms. The summed E-state index contributed by atoms with van der Waals surface area (Å²) in [6.45, 7) is -1.83. The molecule has 2 N–H and O–H groups in total. The molecule has 0 aliphatic rings. The molecule has 3 nitrogen and oxygen atoms in total. The molecule has 0 aromatic heterocycles. The standard InChI is InChI=1S/C13H17F4NO2/c14-11-5-2-1-4-10(11)12(20)8-18(6-3-7-19)9-13(15,16)17/h1-2,4-5,12,19-20H,3,6-9H2. The van der Waals surface area contributed by atoms with Gasteiger partial charge < -0.3 is 10.2 Å². The van der Waals surface area contributed by atoms with E-state index in [1.165, 1.54) is 18.2 Å². The van der Waals surface area contributed by atoms with Crippen LogP contribution in [0.2, 0.25) is 0 Å². The summed E-state index contributed by atoms with van der Waals surface area (Å²) >= 11 is 0. The summed E-state index contributed by atoms with van der Waals surface area (Å²) in [5.41, 5.74) is -0.0383. The molecule has 20 heavy (non-hydrogen) atoms. The highest BCUT2D eigenvalue weighted by Crippen LogP contribution is 2.21. The van der Waals surface area contributed by atoms with Gasteiger partial charge in [0.25, 0.3) is 0 Å². The van der Waals surface area contributed by atoms with Crippen LogP contribution in [0.3, 0.4) is 0 Å². The molecular formula is C13H17F4NO2. The van der Waals surface area contributed by atoms with E-state index in [4.69, 9.17) is 5.11 Å². The van der Waals surface area contributed by atoms with Crippen molar-refractivity contribution in [3.05, 3.63) is 35.6 Å². The lowest BCUT2D eigenvalue weighted by Gasteiger charge is -2.26. The van der Waals surface area contributed by atoms with Gasteiger partial charge in [0, 0.05) is 25.3 Å². The molecule has 1 atom stereocenters. The van der Waals surface area contributed by atoms with Crippen molar-refractivity contribution in [3.63, 3.8) is 0 Å². The van der Waals surface area contributed by atoms with E-state index < -0.39 is 24.6 Å². The molecule has 1 aromatic rings. The van der Waals surface area contributed by atoms with Crippen molar-refractivity contribution in [2.24, 2.45) is 0 Å². The second-order valence-electron chi connectivity index (χ2n) is 4.46. The Kier molecular flexibility index (Phi) is 6.38. The topological polar surface area (TPSA) is 43.7 Å². The third-order valence-corrected chi connectivity index (χ3v) is 2.73. The number of nitrogens with zero attached hydrogens (tertiary/aromatic N) is 1. The Morgan fingerprint density at radius 1 is 1.20 bits per heavy atom. The predicted octanol–water partition coefficient (Wildman–Crippen LogP) is 2.11. The van der Waals surface area contributed by atoms with Gasteiger partial charge >= 0.3 is 6.18 Å². The van der Waals surface area contributed by atoms with Crippen LogP contribution in [0.15, 0.2) is 24.3 Å². The first-order valence-corrected chi connectivity index (χ1v) is 6.16. The monoisotopic (exact) mass is 295 g/mol. The third kappa shape index (κ3) is 5.85. The molecule has 1 rings (SSSR count). The molecule has 0 saturated carbocycles. The summed E-state index contributed by atoms with van der Waals surface area (Å²) in [5.74, 6) is -0.658. The van der Waals surface area contributed by atoms with Crippen LogP contribution < -0.4 is 0 Å². The van der Waals surface area contributed by atoms with Gasteiger partial charge in [-0.15, -0.1) is 0 Å². The molecule has 114 valence electrons. The minimum Gasteiger partial charge on any atom is -0.396 e. The first-order chi connectivity index (χ1) is 9.33. The highest BCUT2D eigenvalue weighted by atomic mass is 19.4. The van der Waals surface area contributed by atoms with E-state index in [0.717, 1.165) is 11.0 Å². The van der Waals surface area contributed by atoms with Crippen LogP contribution in [-0.4, -0.2) is 47.5 Å². The molecule has 0 bridgehead atoms. The summed E-state index contributed by atoms with van der Waals surface area (Å²) in [7, 11) is 0. The van der Waals surface area contributed by atoms with Crippen LogP contribution >= 0.6 is 0 Å². The molecule has 1 aromatic carbocycles. The van der Waals surface area contributed by atoms with E-state index in [1.54, 1.807) is 0 Å². The maximum Gasteiger partial charge on any atom is 0.401 e. The molecule has 0 heterocycles. The zero-order chi connectivity index (χ0) is 15.2. The number of alkyl halides is 3. The van der Waals surface area contributed by atoms with E-state index in [9.17, 15) is 22.7 Å². The van der Waals surface area contributed by atoms with E-state index in [1.807, 2.05) is 0 Å². The summed E-state index contributed by atoms with van der Waals surface area (Å²) < 4.78 is 50.7. The van der Waals surface area contributed by atoms with Crippen molar-refractivity contribution in [1.29, 1.82) is 0 Å². The zero-order valence-corrected chi connectivity index (χ0v) is 10.8. The molecule has 0 fully saturated rings. The van der Waals surface area contributed by atoms with Crippen molar-refractivity contribution in [3.8, 4) is 0 Å². The average molecular weight is 295 g/mol. The third-order valence-electron chi connectivity index (χ3n) is 2.73. The maximum absolute atomic E-state index is 13.4. The van der Waals surface area contributed by atoms with Gasteiger partial charge in [0.1, 0.15) is 5.82 Å². The van der Waals surface area contributed by atoms with E-state index in [2.05, 4.69) is 0 Å².